The predicted octanol–water partition coefficient (Wildman–Crippen LogP) is 2.84. The SMILES string of the molecule is Cn1nc(C(=O)Nc2ccccc2C(=O)NCc2ccc3c(c2)OCO3)c2ccccc2c1=O. The van der Waals surface area contributed by atoms with Gasteiger partial charge in [0.1, 0.15) is 0 Å². The molecule has 0 fully saturated rings. The van der Waals surface area contributed by atoms with Gasteiger partial charge in [0.05, 0.1) is 16.6 Å². The molecule has 170 valence electrons. The van der Waals surface area contributed by atoms with E-state index in [4.69, 9.17) is 9.47 Å². The summed E-state index contributed by atoms with van der Waals surface area (Å²) in [5, 5.41) is 10.6. The molecular weight excluding hydrogens is 436 g/mol. The van der Waals surface area contributed by atoms with Crippen molar-refractivity contribution in [3.05, 3.63) is 93.9 Å². The lowest BCUT2D eigenvalue weighted by atomic mass is 10.1. The molecule has 1 aliphatic heterocycles. The molecule has 5 rings (SSSR count). The summed E-state index contributed by atoms with van der Waals surface area (Å²) in [6.07, 6.45) is 0. The van der Waals surface area contributed by atoms with Crippen LogP contribution in [0.2, 0.25) is 0 Å². The fourth-order valence-electron chi connectivity index (χ4n) is 3.77. The fourth-order valence-corrected chi connectivity index (χ4v) is 3.77. The van der Waals surface area contributed by atoms with Crippen molar-refractivity contribution in [3.8, 4) is 11.5 Å². The minimum atomic E-state index is -0.525. The highest BCUT2D eigenvalue weighted by molar-refractivity contribution is 6.13. The van der Waals surface area contributed by atoms with Crippen molar-refractivity contribution in [1.29, 1.82) is 0 Å². The molecule has 0 atom stereocenters. The van der Waals surface area contributed by atoms with Gasteiger partial charge in [0.25, 0.3) is 17.4 Å². The number of para-hydroxylation sites is 1. The van der Waals surface area contributed by atoms with Crippen LogP contribution in [0.3, 0.4) is 0 Å². The number of nitrogens with zero attached hydrogens (tertiary/aromatic N) is 2. The van der Waals surface area contributed by atoms with Crippen molar-refractivity contribution in [3.63, 3.8) is 0 Å². The van der Waals surface area contributed by atoms with Crippen LogP contribution in [-0.2, 0) is 13.6 Å². The van der Waals surface area contributed by atoms with Crippen LogP contribution >= 0.6 is 0 Å². The molecule has 0 unspecified atom stereocenters. The van der Waals surface area contributed by atoms with Crippen LogP contribution in [-0.4, -0.2) is 28.4 Å². The largest absolute Gasteiger partial charge is 0.454 e. The first-order chi connectivity index (χ1) is 16.5. The van der Waals surface area contributed by atoms with Crippen molar-refractivity contribution >= 4 is 28.3 Å². The van der Waals surface area contributed by atoms with Crippen LogP contribution in [0.4, 0.5) is 5.69 Å². The lowest BCUT2D eigenvalue weighted by Gasteiger charge is -2.13. The van der Waals surface area contributed by atoms with Gasteiger partial charge in [-0.05, 0) is 35.9 Å². The maximum atomic E-state index is 13.1. The Balaban J connectivity index is 1.37. The molecule has 2 N–H and O–H groups in total. The number of fused-ring (bicyclic) bond motifs is 2. The summed E-state index contributed by atoms with van der Waals surface area (Å²) in [4.78, 5) is 38.4. The third-order valence-corrected chi connectivity index (χ3v) is 5.48. The molecule has 0 saturated carbocycles. The second-order valence-corrected chi connectivity index (χ2v) is 7.69. The number of aryl methyl sites for hydroxylation is 1. The van der Waals surface area contributed by atoms with Crippen molar-refractivity contribution in [2.45, 2.75) is 6.54 Å². The summed E-state index contributed by atoms with van der Waals surface area (Å²) in [5.74, 6) is 0.425. The summed E-state index contributed by atoms with van der Waals surface area (Å²) < 4.78 is 11.8. The van der Waals surface area contributed by atoms with Crippen LogP contribution in [0, 0.1) is 0 Å². The lowest BCUT2D eigenvalue weighted by molar-refractivity contribution is 0.0951. The second kappa shape index (κ2) is 8.70. The zero-order valence-electron chi connectivity index (χ0n) is 18.2. The summed E-state index contributed by atoms with van der Waals surface area (Å²) in [6, 6.07) is 18.9. The van der Waals surface area contributed by atoms with Crippen LogP contribution in [0.15, 0.2) is 71.5 Å². The Morgan fingerprint density at radius 2 is 1.68 bits per heavy atom. The number of carbonyl (C=O) groups excluding carboxylic acids is 2. The predicted molar refractivity (Wildman–Crippen MR) is 125 cm³/mol. The molecule has 9 heteroatoms. The van der Waals surface area contributed by atoms with Crippen LogP contribution in [0.5, 0.6) is 11.5 Å². The van der Waals surface area contributed by atoms with Gasteiger partial charge < -0.3 is 20.1 Å². The Kier molecular flexibility index (Phi) is 5.43. The fraction of sp³-hybridized carbons (Fsp3) is 0.120. The molecule has 1 aromatic heterocycles. The Morgan fingerprint density at radius 3 is 2.53 bits per heavy atom. The van der Waals surface area contributed by atoms with Gasteiger partial charge in [-0.1, -0.05) is 36.4 Å². The molecule has 0 spiro atoms. The molecule has 0 aliphatic carbocycles. The van der Waals surface area contributed by atoms with Gasteiger partial charge >= 0.3 is 0 Å². The number of nitrogens with one attached hydrogen (secondary N) is 2. The molecule has 34 heavy (non-hydrogen) atoms. The Bertz CT molecular complexity index is 1490. The molecule has 3 aromatic carbocycles. The number of anilines is 1. The van der Waals surface area contributed by atoms with Gasteiger partial charge in [-0.25, -0.2) is 4.68 Å². The number of hydrogen-bond donors (Lipinski definition) is 2. The van der Waals surface area contributed by atoms with Crippen LogP contribution < -0.4 is 25.7 Å². The topological polar surface area (TPSA) is 112 Å². The lowest BCUT2D eigenvalue weighted by Crippen LogP contribution is -2.27. The Morgan fingerprint density at radius 1 is 0.941 bits per heavy atom. The minimum Gasteiger partial charge on any atom is -0.454 e. The molecule has 9 nitrogen and oxygen atoms in total. The number of carbonyl (C=O) groups is 2. The summed E-state index contributed by atoms with van der Waals surface area (Å²) in [7, 11) is 1.49. The molecule has 2 heterocycles. The second-order valence-electron chi connectivity index (χ2n) is 7.69. The van der Waals surface area contributed by atoms with E-state index < -0.39 is 5.91 Å². The van der Waals surface area contributed by atoms with E-state index in [1.54, 1.807) is 54.6 Å². The van der Waals surface area contributed by atoms with E-state index in [0.29, 0.717) is 33.5 Å². The zero-order valence-corrected chi connectivity index (χ0v) is 18.2. The zero-order chi connectivity index (χ0) is 23.7. The average Bonchev–Trinajstić information content (AvgIpc) is 3.33. The monoisotopic (exact) mass is 456 g/mol. The molecule has 0 bridgehead atoms. The van der Waals surface area contributed by atoms with Gasteiger partial charge in [-0.3, -0.25) is 14.4 Å². The molecule has 2 amide bonds. The van der Waals surface area contributed by atoms with Crippen molar-refractivity contribution in [2.75, 3.05) is 12.1 Å². The average molecular weight is 456 g/mol. The number of hydrogen-bond acceptors (Lipinski definition) is 6. The first-order valence-corrected chi connectivity index (χ1v) is 10.5. The van der Waals surface area contributed by atoms with E-state index in [1.807, 2.05) is 12.1 Å². The minimum absolute atomic E-state index is 0.0910. The molecule has 4 aromatic rings. The highest BCUT2D eigenvalue weighted by Crippen LogP contribution is 2.32. The highest BCUT2D eigenvalue weighted by Gasteiger charge is 2.19. The molecule has 0 radical (unpaired) electrons. The van der Waals surface area contributed by atoms with Crippen LogP contribution in [0.25, 0.3) is 10.8 Å². The molecule has 0 saturated heterocycles. The summed E-state index contributed by atoms with van der Waals surface area (Å²) in [5.41, 5.74) is 1.27. The van der Waals surface area contributed by atoms with Gasteiger partial charge in [-0.15, -0.1) is 0 Å². The van der Waals surface area contributed by atoms with E-state index >= 15 is 0 Å². The van der Waals surface area contributed by atoms with Gasteiger partial charge in [0.2, 0.25) is 6.79 Å². The first-order valence-electron chi connectivity index (χ1n) is 10.5. The first kappa shape index (κ1) is 21.2. The number of benzene rings is 3. The molecular formula is C25H20N4O5. The van der Waals surface area contributed by atoms with Gasteiger partial charge in [-0.2, -0.15) is 5.10 Å². The number of rotatable bonds is 5. The van der Waals surface area contributed by atoms with Crippen molar-refractivity contribution < 1.29 is 19.1 Å². The third kappa shape index (κ3) is 3.95. The van der Waals surface area contributed by atoms with E-state index in [1.165, 1.54) is 7.05 Å². The summed E-state index contributed by atoms with van der Waals surface area (Å²) in [6.45, 7) is 0.447. The van der Waals surface area contributed by atoms with Gasteiger partial charge in [0.15, 0.2) is 17.2 Å². The summed E-state index contributed by atoms with van der Waals surface area (Å²) >= 11 is 0. The number of ether oxygens (including phenoxy) is 2. The Hall–Kier alpha value is -4.66. The smallest absolute Gasteiger partial charge is 0.276 e. The van der Waals surface area contributed by atoms with Crippen molar-refractivity contribution in [1.82, 2.24) is 15.1 Å². The standard InChI is InChI=1S/C25H20N4O5/c1-29-25(32)17-7-3-2-6-16(17)22(28-29)24(31)27-19-9-5-4-8-18(19)23(30)26-13-15-10-11-20-21(12-15)34-14-33-20/h2-12H,13-14H2,1H3,(H,26,30)(H,27,31). The van der Waals surface area contributed by atoms with E-state index in [2.05, 4.69) is 15.7 Å². The number of aromatic nitrogens is 2. The van der Waals surface area contributed by atoms with Crippen LogP contribution in [0.1, 0.15) is 26.4 Å². The quantitative estimate of drug-likeness (QED) is 0.478. The van der Waals surface area contributed by atoms with E-state index in [9.17, 15) is 14.4 Å². The highest BCUT2D eigenvalue weighted by atomic mass is 16.7. The maximum absolute atomic E-state index is 13.1. The molecule has 1 aliphatic rings. The van der Waals surface area contributed by atoms with Gasteiger partial charge in [0, 0.05) is 19.0 Å². The Labute approximate surface area is 193 Å². The number of amides is 2. The van der Waals surface area contributed by atoms with Crippen molar-refractivity contribution in [2.24, 2.45) is 7.05 Å². The third-order valence-electron chi connectivity index (χ3n) is 5.48. The maximum Gasteiger partial charge on any atom is 0.276 e. The van der Waals surface area contributed by atoms with E-state index in [-0.39, 0.29) is 30.5 Å². The van der Waals surface area contributed by atoms with E-state index in [0.717, 1.165) is 10.2 Å². The normalized spacial score (nSPS) is 11.9.